The van der Waals surface area contributed by atoms with Crippen molar-refractivity contribution in [1.29, 1.82) is 0 Å². The molecule has 0 aromatic carbocycles. The van der Waals surface area contributed by atoms with Crippen LogP contribution in [0.15, 0.2) is 0 Å². The zero-order valence-corrected chi connectivity index (χ0v) is 13.5. The maximum absolute atomic E-state index is 10.2. The van der Waals surface area contributed by atoms with Crippen LogP contribution in [0.3, 0.4) is 0 Å². The van der Waals surface area contributed by atoms with Crippen molar-refractivity contribution in [3.63, 3.8) is 0 Å². The van der Waals surface area contributed by atoms with E-state index >= 15 is 0 Å². The van der Waals surface area contributed by atoms with E-state index in [0.29, 0.717) is 11.3 Å². The van der Waals surface area contributed by atoms with Crippen LogP contribution in [0, 0.1) is 17.3 Å². The van der Waals surface area contributed by atoms with E-state index < -0.39 is 0 Å². The highest BCUT2D eigenvalue weighted by molar-refractivity contribution is 4.86. The molecule has 1 saturated carbocycles. The third kappa shape index (κ3) is 5.80. The smallest absolute Gasteiger partial charge is 0.0580 e. The van der Waals surface area contributed by atoms with Gasteiger partial charge in [-0.2, -0.15) is 0 Å². The van der Waals surface area contributed by atoms with Crippen molar-refractivity contribution in [3.8, 4) is 0 Å². The van der Waals surface area contributed by atoms with Crippen LogP contribution in [0.4, 0.5) is 0 Å². The third-order valence-corrected chi connectivity index (χ3v) is 4.60. The van der Waals surface area contributed by atoms with E-state index in [1.807, 2.05) is 0 Å². The highest BCUT2D eigenvalue weighted by Crippen LogP contribution is 2.40. The maximum Gasteiger partial charge on any atom is 0.0580 e. The molecule has 1 N–H and O–H groups in total. The fourth-order valence-electron chi connectivity index (χ4n) is 3.20. The van der Waals surface area contributed by atoms with E-state index in [0.717, 1.165) is 38.5 Å². The molecule has 114 valence electrons. The molecule has 0 aromatic rings. The SMILES string of the molecule is COCCCN(C)CC1CC(C(C)(C)C)CCC1O. The Morgan fingerprint density at radius 1 is 1.26 bits per heavy atom. The minimum Gasteiger partial charge on any atom is -0.393 e. The van der Waals surface area contributed by atoms with E-state index in [4.69, 9.17) is 4.74 Å². The Morgan fingerprint density at radius 3 is 2.53 bits per heavy atom. The molecule has 3 atom stereocenters. The number of aliphatic hydroxyl groups is 1. The highest BCUT2D eigenvalue weighted by atomic mass is 16.5. The van der Waals surface area contributed by atoms with Gasteiger partial charge in [-0.25, -0.2) is 0 Å². The quantitative estimate of drug-likeness (QED) is 0.754. The predicted octanol–water partition coefficient (Wildman–Crippen LogP) is 2.78. The van der Waals surface area contributed by atoms with E-state index in [-0.39, 0.29) is 6.10 Å². The van der Waals surface area contributed by atoms with Gasteiger partial charge in [-0.15, -0.1) is 0 Å². The van der Waals surface area contributed by atoms with Crippen LogP contribution in [-0.2, 0) is 4.74 Å². The second-order valence-electron chi connectivity index (χ2n) is 7.31. The number of nitrogens with zero attached hydrogens (tertiary/aromatic N) is 1. The molecular weight excluding hydrogens is 238 g/mol. The van der Waals surface area contributed by atoms with Gasteiger partial charge >= 0.3 is 0 Å². The van der Waals surface area contributed by atoms with Gasteiger partial charge in [0, 0.05) is 26.8 Å². The molecule has 0 bridgehead atoms. The summed E-state index contributed by atoms with van der Waals surface area (Å²) >= 11 is 0. The number of ether oxygens (including phenoxy) is 1. The predicted molar refractivity (Wildman–Crippen MR) is 80.3 cm³/mol. The lowest BCUT2D eigenvalue weighted by Gasteiger charge is -2.41. The van der Waals surface area contributed by atoms with Crippen molar-refractivity contribution in [1.82, 2.24) is 4.90 Å². The monoisotopic (exact) mass is 271 g/mol. The first-order valence-electron chi connectivity index (χ1n) is 7.70. The number of hydrogen-bond donors (Lipinski definition) is 1. The number of methoxy groups -OCH3 is 1. The lowest BCUT2D eigenvalue weighted by Crippen LogP contribution is -2.40. The van der Waals surface area contributed by atoms with Crippen molar-refractivity contribution >= 4 is 0 Å². The summed E-state index contributed by atoms with van der Waals surface area (Å²) in [5, 5.41) is 10.2. The largest absolute Gasteiger partial charge is 0.393 e. The van der Waals surface area contributed by atoms with Gasteiger partial charge in [-0.05, 0) is 50.0 Å². The van der Waals surface area contributed by atoms with Gasteiger partial charge in [0.15, 0.2) is 0 Å². The second-order valence-corrected chi connectivity index (χ2v) is 7.31. The topological polar surface area (TPSA) is 32.7 Å². The Balaban J connectivity index is 2.41. The van der Waals surface area contributed by atoms with Crippen molar-refractivity contribution in [3.05, 3.63) is 0 Å². The summed E-state index contributed by atoms with van der Waals surface area (Å²) in [6.45, 7) is 9.87. The summed E-state index contributed by atoms with van der Waals surface area (Å²) in [7, 11) is 3.90. The molecule has 1 fully saturated rings. The van der Waals surface area contributed by atoms with Crippen molar-refractivity contribution in [2.75, 3.05) is 33.9 Å². The normalized spacial score (nSPS) is 28.9. The van der Waals surface area contributed by atoms with Gasteiger partial charge in [0.2, 0.25) is 0 Å². The molecule has 0 radical (unpaired) electrons. The van der Waals surface area contributed by atoms with Gasteiger partial charge in [0.25, 0.3) is 0 Å². The molecule has 0 amide bonds. The summed E-state index contributed by atoms with van der Waals surface area (Å²) in [6.07, 6.45) is 4.27. The molecule has 0 aromatic heterocycles. The fraction of sp³-hybridized carbons (Fsp3) is 1.00. The molecule has 0 spiro atoms. The molecule has 0 heterocycles. The standard InChI is InChI=1S/C16H33NO2/c1-16(2,3)14-7-8-15(18)13(11-14)12-17(4)9-6-10-19-5/h13-15,18H,6-12H2,1-5H3. The van der Waals surface area contributed by atoms with Crippen molar-refractivity contribution < 1.29 is 9.84 Å². The van der Waals surface area contributed by atoms with Gasteiger partial charge in [0.05, 0.1) is 6.10 Å². The Labute approximate surface area is 119 Å². The summed E-state index contributed by atoms with van der Waals surface area (Å²) < 4.78 is 5.09. The molecule has 0 saturated heterocycles. The summed E-state index contributed by atoms with van der Waals surface area (Å²) in [6, 6.07) is 0. The molecule has 3 heteroatoms. The average Bonchev–Trinajstić information content (AvgIpc) is 2.31. The summed E-state index contributed by atoms with van der Waals surface area (Å²) in [5.74, 6) is 1.18. The first-order chi connectivity index (χ1) is 8.84. The Bertz CT molecular complexity index is 250. The minimum absolute atomic E-state index is 0.108. The zero-order valence-electron chi connectivity index (χ0n) is 13.5. The van der Waals surface area contributed by atoms with E-state index in [1.54, 1.807) is 7.11 Å². The van der Waals surface area contributed by atoms with Crippen LogP contribution >= 0.6 is 0 Å². The first kappa shape index (κ1) is 16.9. The maximum atomic E-state index is 10.2. The Kier molecular flexibility index (Phi) is 6.78. The molecular formula is C16H33NO2. The van der Waals surface area contributed by atoms with E-state index in [9.17, 15) is 5.11 Å². The molecule has 1 aliphatic rings. The van der Waals surface area contributed by atoms with Gasteiger partial charge < -0.3 is 14.7 Å². The van der Waals surface area contributed by atoms with Gasteiger partial charge in [-0.3, -0.25) is 0 Å². The van der Waals surface area contributed by atoms with Crippen LogP contribution in [0.1, 0.15) is 46.5 Å². The molecule has 3 nitrogen and oxygen atoms in total. The first-order valence-corrected chi connectivity index (χ1v) is 7.70. The van der Waals surface area contributed by atoms with E-state index in [1.165, 1.54) is 12.8 Å². The van der Waals surface area contributed by atoms with Crippen LogP contribution < -0.4 is 0 Å². The van der Waals surface area contributed by atoms with Crippen LogP contribution in [0.2, 0.25) is 0 Å². The summed E-state index contributed by atoms with van der Waals surface area (Å²) in [4.78, 5) is 2.35. The zero-order chi connectivity index (χ0) is 14.5. The lowest BCUT2D eigenvalue weighted by molar-refractivity contribution is 0.00581. The van der Waals surface area contributed by atoms with Crippen LogP contribution in [0.5, 0.6) is 0 Å². The van der Waals surface area contributed by atoms with Crippen molar-refractivity contribution in [2.24, 2.45) is 17.3 Å². The molecule has 1 aliphatic carbocycles. The molecule has 0 aliphatic heterocycles. The molecule has 3 unspecified atom stereocenters. The summed E-state index contributed by atoms with van der Waals surface area (Å²) in [5.41, 5.74) is 0.368. The third-order valence-electron chi connectivity index (χ3n) is 4.60. The second kappa shape index (κ2) is 7.61. The van der Waals surface area contributed by atoms with Crippen molar-refractivity contribution in [2.45, 2.75) is 52.6 Å². The van der Waals surface area contributed by atoms with E-state index in [2.05, 4.69) is 32.7 Å². The average molecular weight is 271 g/mol. The number of hydrogen-bond acceptors (Lipinski definition) is 3. The Morgan fingerprint density at radius 2 is 1.95 bits per heavy atom. The number of aliphatic hydroxyl groups excluding tert-OH is 1. The van der Waals surface area contributed by atoms with Gasteiger partial charge in [0.1, 0.15) is 0 Å². The molecule has 19 heavy (non-hydrogen) atoms. The van der Waals surface area contributed by atoms with Crippen LogP contribution in [-0.4, -0.2) is 50.0 Å². The fourth-order valence-corrected chi connectivity index (χ4v) is 3.20. The Hall–Kier alpha value is -0.120. The van der Waals surface area contributed by atoms with Crippen LogP contribution in [0.25, 0.3) is 0 Å². The lowest BCUT2D eigenvalue weighted by atomic mass is 9.68. The minimum atomic E-state index is -0.108. The number of rotatable bonds is 6. The van der Waals surface area contributed by atoms with Gasteiger partial charge in [-0.1, -0.05) is 20.8 Å². The highest BCUT2D eigenvalue weighted by Gasteiger charge is 2.35. The molecule has 1 rings (SSSR count).